The van der Waals surface area contributed by atoms with E-state index in [2.05, 4.69) is 4.98 Å². The Labute approximate surface area is 125 Å². The van der Waals surface area contributed by atoms with Crippen LogP contribution in [0.15, 0.2) is 23.4 Å². The van der Waals surface area contributed by atoms with Crippen LogP contribution in [0.25, 0.3) is 0 Å². The third-order valence-electron chi connectivity index (χ3n) is 3.05. The van der Waals surface area contributed by atoms with E-state index in [0.717, 1.165) is 6.20 Å². The Hall–Kier alpha value is -1.68. The number of halogens is 3. The molecule has 6 nitrogen and oxygen atoms in total. The smallest absolute Gasteiger partial charge is 0.417 e. The Bertz CT molecular complexity index is 646. The average molecular weight is 340 g/mol. The van der Waals surface area contributed by atoms with Crippen molar-refractivity contribution in [1.82, 2.24) is 9.29 Å². The number of aliphatic carboxylic acids is 1. The molecule has 0 spiro atoms. The lowest BCUT2D eigenvalue weighted by molar-refractivity contribution is -0.140. The van der Waals surface area contributed by atoms with Gasteiger partial charge in [0.1, 0.15) is 11.4 Å². The molecule has 0 aromatic carbocycles. The molecule has 1 rings (SSSR count). The molecule has 1 aromatic heterocycles. The van der Waals surface area contributed by atoms with Crippen molar-refractivity contribution in [2.75, 3.05) is 6.54 Å². The van der Waals surface area contributed by atoms with Crippen molar-refractivity contribution in [3.05, 3.63) is 24.0 Å². The van der Waals surface area contributed by atoms with E-state index >= 15 is 0 Å². The molecule has 1 heterocycles. The third kappa shape index (κ3) is 3.95. The normalized spacial score (nSPS) is 14.1. The van der Waals surface area contributed by atoms with Gasteiger partial charge in [-0.3, -0.25) is 9.78 Å². The Morgan fingerprint density at radius 3 is 2.50 bits per heavy atom. The summed E-state index contributed by atoms with van der Waals surface area (Å²) in [5.41, 5.74) is -1.37. The number of hydrogen-bond donors (Lipinski definition) is 1. The Balaban J connectivity index is 3.47. The molecule has 1 unspecified atom stereocenters. The first-order valence-corrected chi connectivity index (χ1v) is 7.70. The minimum absolute atomic E-state index is 0.244. The summed E-state index contributed by atoms with van der Waals surface area (Å²) < 4.78 is 64.3. The van der Waals surface area contributed by atoms with Crippen LogP contribution >= 0.6 is 0 Å². The fourth-order valence-corrected chi connectivity index (χ4v) is 3.57. The maximum Gasteiger partial charge on any atom is 0.417 e. The number of carboxylic acid groups (broad SMARTS) is 1. The fourth-order valence-electron chi connectivity index (χ4n) is 1.76. The van der Waals surface area contributed by atoms with E-state index < -0.39 is 45.2 Å². The van der Waals surface area contributed by atoms with Crippen LogP contribution in [0.3, 0.4) is 0 Å². The van der Waals surface area contributed by atoms with Crippen molar-refractivity contribution in [2.24, 2.45) is 0 Å². The monoisotopic (exact) mass is 340 g/mol. The number of nitrogens with zero attached hydrogens (tertiary/aromatic N) is 2. The van der Waals surface area contributed by atoms with Crippen LogP contribution in [0.4, 0.5) is 13.2 Å². The van der Waals surface area contributed by atoms with E-state index in [-0.39, 0.29) is 6.42 Å². The highest BCUT2D eigenvalue weighted by atomic mass is 32.2. The van der Waals surface area contributed by atoms with Crippen molar-refractivity contribution in [1.29, 1.82) is 0 Å². The minimum atomic E-state index is -4.89. The van der Waals surface area contributed by atoms with Crippen LogP contribution in [-0.2, 0) is 21.0 Å². The molecule has 0 radical (unpaired) electrons. The minimum Gasteiger partial charge on any atom is -0.480 e. The molecule has 10 heteroatoms. The average Bonchev–Trinajstić information content (AvgIpc) is 2.42. The van der Waals surface area contributed by atoms with Crippen molar-refractivity contribution >= 4 is 16.0 Å². The summed E-state index contributed by atoms with van der Waals surface area (Å²) in [6.45, 7) is 2.09. The number of carbonyl (C=O) groups is 1. The molecule has 0 saturated carbocycles. The first kappa shape index (κ1) is 18.4. The molecule has 0 saturated heterocycles. The highest BCUT2D eigenvalue weighted by Crippen LogP contribution is 2.35. The molecule has 0 fully saturated rings. The van der Waals surface area contributed by atoms with E-state index in [0.29, 0.717) is 16.6 Å². The fraction of sp³-hybridized carbons (Fsp3) is 0.500. The number of pyridine rings is 1. The van der Waals surface area contributed by atoms with Crippen LogP contribution in [0.1, 0.15) is 25.8 Å². The highest BCUT2D eigenvalue weighted by molar-refractivity contribution is 7.89. The lowest BCUT2D eigenvalue weighted by Crippen LogP contribution is -2.42. The lowest BCUT2D eigenvalue weighted by Gasteiger charge is -2.27. The number of carboxylic acids is 1. The lowest BCUT2D eigenvalue weighted by atomic mass is 10.2. The second-order valence-corrected chi connectivity index (χ2v) is 6.43. The molecule has 22 heavy (non-hydrogen) atoms. The molecule has 1 N–H and O–H groups in total. The number of hydrogen-bond acceptors (Lipinski definition) is 4. The van der Waals surface area contributed by atoms with Crippen LogP contribution in [0, 0.1) is 0 Å². The predicted octanol–water partition coefficient (Wildman–Crippen LogP) is 1.97. The summed E-state index contributed by atoms with van der Waals surface area (Å²) in [4.78, 5) is 13.2. The van der Waals surface area contributed by atoms with Gasteiger partial charge in [-0.25, -0.2) is 8.42 Å². The summed E-state index contributed by atoms with van der Waals surface area (Å²) in [7, 11) is -4.65. The molecule has 124 valence electrons. The molecular formula is C12H15F3N2O4S. The van der Waals surface area contributed by atoms with E-state index in [4.69, 9.17) is 5.11 Å². The molecular weight excluding hydrogens is 325 g/mol. The summed E-state index contributed by atoms with van der Waals surface area (Å²) in [6, 6.07) is -0.231. The summed E-state index contributed by atoms with van der Waals surface area (Å²) >= 11 is 0. The molecule has 0 aliphatic carbocycles. The predicted molar refractivity (Wildman–Crippen MR) is 70.5 cm³/mol. The summed E-state index contributed by atoms with van der Waals surface area (Å²) in [5.74, 6) is -1.46. The Morgan fingerprint density at radius 2 is 2.05 bits per heavy atom. The van der Waals surface area contributed by atoms with Gasteiger partial charge in [0.2, 0.25) is 10.0 Å². The standard InChI is InChI=1S/C12H15F3N2O4S/c1-3-8(2)17(7-11(18)19)22(20,21)10-6-16-5-4-9(10)12(13,14)15/h4-6,8H,3,7H2,1-2H3,(H,18,19). The second kappa shape index (κ2) is 6.61. The van der Waals surface area contributed by atoms with Gasteiger partial charge in [0, 0.05) is 18.4 Å². The van der Waals surface area contributed by atoms with Crippen molar-refractivity contribution in [3.63, 3.8) is 0 Å². The van der Waals surface area contributed by atoms with Gasteiger partial charge in [0.05, 0.1) is 5.56 Å². The number of sulfonamides is 1. The van der Waals surface area contributed by atoms with Crippen molar-refractivity contribution in [3.8, 4) is 0 Å². The van der Waals surface area contributed by atoms with Crippen LogP contribution in [0.5, 0.6) is 0 Å². The zero-order valence-electron chi connectivity index (χ0n) is 11.8. The van der Waals surface area contributed by atoms with Gasteiger partial charge in [-0.2, -0.15) is 17.5 Å². The van der Waals surface area contributed by atoms with Crippen LogP contribution < -0.4 is 0 Å². The molecule has 0 amide bonds. The van der Waals surface area contributed by atoms with Crippen molar-refractivity contribution < 1.29 is 31.5 Å². The van der Waals surface area contributed by atoms with Gasteiger partial charge in [0.15, 0.2) is 0 Å². The van der Waals surface area contributed by atoms with Crippen LogP contribution in [-0.4, -0.2) is 41.4 Å². The first-order chi connectivity index (χ1) is 10.0. The van der Waals surface area contributed by atoms with Crippen molar-refractivity contribution in [2.45, 2.75) is 37.4 Å². The first-order valence-electron chi connectivity index (χ1n) is 6.26. The van der Waals surface area contributed by atoms with E-state index in [1.165, 1.54) is 6.92 Å². The van der Waals surface area contributed by atoms with Gasteiger partial charge < -0.3 is 5.11 Å². The second-order valence-electron chi connectivity index (χ2n) is 4.57. The molecule has 1 aromatic rings. The maximum absolute atomic E-state index is 13.0. The molecule has 0 aliphatic rings. The largest absolute Gasteiger partial charge is 0.480 e. The zero-order chi connectivity index (χ0) is 17.1. The Morgan fingerprint density at radius 1 is 1.45 bits per heavy atom. The molecule has 0 bridgehead atoms. The topological polar surface area (TPSA) is 87.6 Å². The molecule has 0 aliphatic heterocycles. The SMILES string of the molecule is CCC(C)N(CC(=O)O)S(=O)(=O)c1cnccc1C(F)(F)F. The van der Waals surface area contributed by atoms with Gasteiger partial charge >= 0.3 is 12.1 Å². The van der Waals surface area contributed by atoms with Gasteiger partial charge in [-0.05, 0) is 19.4 Å². The van der Waals surface area contributed by atoms with E-state index in [1.807, 2.05) is 0 Å². The van der Waals surface area contributed by atoms with Gasteiger partial charge in [-0.1, -0.05) is 6.92 Å². The van der Waals surface area contributed by atoms with Gasteiger partial charge in [0.25, 0.3) is 0 Å². The Kier molecular flexibility index (Phi) is 5.52. The quantitative estimate of drug-likeness (QED) is 0.855. The van der Waals surface area contributed by atoms with E-state index in [9.17, 15) is 26.4 Å². The number of rotatable bonds is 6. The number of alkyl halides is 3. The zero-order valence-corrected chi connectivity index (χ0v) is 12.6. The highest BCUT2D eigenvalue weighted by Gasteiger charge is 2.40. The summed E-state index contributed by atoms with van der Waals surface area (Å²) in [5, 5.41) is 8.82. The third-order valence-corrected chi connectivity index (χ3v) is 5.04. The van der Waals surface area contributed by atoms with Gasteiger partial charge in [-0.15, -0.1) is 0 Å². The summed E-state index contributed by atoms with van der Waals surface area (Å²) in [6.07, 6.45) is -3.24. The van der Waals surface area contributed by atoms with E-state index in [1.54, 1.807) is 6.92 Å². The molecule has 1 atom stereocenters. The maximum atomic E-state index is 13.0. The van der Waals surface area contributed by atoms with Crippen LogP contribution in [0.2, 0.25) is 0 Å². The number of aromatic nitrogens is 1.